The first-order valence-corrected chi connectivity index (χ1v) is 5.40. The summed E-state index contributed by atoms with van der Waals surface area (Å²) in [6.45, 7) is 2.35. The average molecular weight is 259 g/mol. The quantitative estimate of drug-likeness (QED) is 0.605. The molecule has 0 saturated carbocycles. The maximum atomic E-state index is 12.0. The molecule has 0 aromatic rings. The third-order valence-corrected chi connectivity index (χ3v) is 1.98. The Balaban J connectivity index is 3.52. The van der Waals surface area contributed by atoms with Crippen LogP contribution >= 0.6 is 0 Å². The van der Waals surface area contributed by atoms with Crippen molar-refractivity contribution in [3.63, 3.8) is 0 Å². The van der Waals surface area contributed by atoms with Gasteiger partial charge in [0.05, 0.1) is 32.3 Å². The summed E-state index contributed by atoms with van der Waals surface area (Å²) in [5, 5.41) is 12.0. The summed E-state index contributed by atoms with van der Waals surface area (Å²) in [6, 6.07) is -0.719. The van der Waals surface area contributed by atoms with Crippen LogP contribution in [0.3, 0.4) is 0 Å². The molecule has 0 fully saturated rings. The molecule has 104 valence electrons. The normalized spacial score (nSPS) is 15.9. The van der Waals surface area contributed by atoms with Crippen LogP contribution in [-0.2, 0) is 9.47 Å². The minimum absolute atomic E-state index is 0.0736. The van der Waals surface area contributed by atoms with Crippen LogP contribution in [0.15, 0.2) is 0 Å². The lowest BCUT2D eigenvalue weighted by Gasteiger charge is -2.18. The van der Waals surface area contributed by atoms with Gasteiger partial charge in [0.15, 0.2) is 0 Å². The first kappa shape index (κ1) is 16.6. The molecule has 0 radical (unpaired) electrons. The van der Waals surface area contributed by atoms with Gasteiger partial charge in [-0.1, -0.05) is 0 Å². The Hall–Kier alpha value is -0.370. The van der Waals surface area contributed by atoms with E-state index in [4.69, 9.17) is 9.47 Å². The van der Waals surface area contributed by atoms with Crippen molar-refractivity contribution in [3.8, 4) is 0 Å². The van der Waals surface area contributed by atoms with E-state index in [1.54, 1.807) is 0 Å². The van der Waals surface area contributed by atoms with Crippen LogP contribution in [0.2, 0.25) is 0 Å². The molecule has 0 spiro atoms. The van der Waals surface area contributed by atoms with E-state index in [1.165, 1.54) is 14.0 Å². The molecule has 0 aliphatic carbocycles. The highest BCUT2D eigenvalue weighted by molar-refractivity contribution is 4.68. The van der Waals surface area contributed by atoms with Gasteiger partial charge in [-0.25, -0.2) is 0 Å². The molecule has 0 aromatic heterocycles. The fourth-order valence-electron chi connectivity index (χ4n) is 1.18. The number of aliphatic hydroxyl groups excluding tert-OH is 1. The molecule has 0 heterocycles. The predicted molar refractivity (Wildman–Crippen MR) is 56.8 cm³/mol. The number of halogens is 3. The summed E-state index contributed by atoms with van der Waals surface area (Å²) in [4.78, 5) is 0. The second kappa shape index (κ2) is 8.68. The molecular weight excluding hydrogens is 239 g/mol. The molecule has 0 saturated heterocycles. The summed E-state index contributed by atoms with van der Waals surface area (Å²) in [5.74, 6) is 0. The second-order valence-electron chi connectivity index (χ2n) is 3.85. The van der Waals surface area contributed by atoms with E-state index >= 15 is 0 Å². The van der Waals surface area contributed by atoms with Crippen LogP contribution in [0.1, 0.15) is 13.3 Å². The van der Waals surface area contributed by atoms with Gasteiger partial charge in [0.1, 0.15) is 0 Å². The number of hydrogen-bond acceptors (Lipinski definition) is 4. The van der Waals surface area contributed by atoms with Gasteiger partial charge in [-0.3, -0.25) is 0 Å². The highest BCUT2D eigenvalue weighted by Gasteiger charge is 2.29. The molecule has 7 heteroatoms. The Kier molecular flexibility index (Phi) is 8.49. The number of alkyl halides is 3. The van der Waals surface area contributed by atoms with Crippen molar-refractivity contribution in [3.05, 3.63) is 0 Å². The zero-order valence-corrected chi connectivity index (χ0v) is 10.1. The fourth-order valence-corrected chi connectivity index (χ4v) is 1.18. The zero-order valence-electron chi connectivity index (χ0n) is 10.1. The minimum atomic E-state index is -4.19. The van der Waals surface area contributed by atoms with E-state index in [0.717, 1.165) is 0 Å². The van der Waals surface area contributed by atoms with Gasteiger partial charge in [0.25, 0.3) is 0 Å². The summed E-state index contributed by atoms with van der Waals surface area (Å²) in [7, 11) is 1.53. The Morgan fingerprint density at radius 3 is 2.47 bits per heavy atom. The largest absolute Gasteiger partial charge is 0.390 e. The standard InChI is InChI=1S/C10H20F3NO3/c1-8(5-10(11,12)13)14-6-9(15)7-17-4-3-16-2/h8-9,14-15H,3-7H2,1-2H3. The zero-order chi connectivity index (χ0) is 13.3. The predicted octanol–water partition coefficient (Wildman–Crippen LogP) is 0.941. The first-order valence-electron chi connectivity index (χ1n) is 5.40. The first-order chi connectivity index (χ1) is 7.85. The van der Waals surface area contributed by atoms with Crippen molar-refractivity contribution in [2.24, 2.45) is 0 Å². The molecule has 17 heavy (non-hydrogen) atoms. The Morgan fingerprint density at radius 1 is 1.29 bits per heavy atom. The molecule has 2 N–H and O–H groups in total. The maximum Gasteiger partial charge on any atom is 0.390 e. The SMILES string of the molecule is COCCOCC(O)CNC(C)CC(F)(F)F. The summed E-state index contributed by atoms with van der Waals surface area (Å²) in [5.41, 5.74) is 0. The summed E-state index contributed by atoms with van der Waals surface area (Å²) < 4.78 is 45.7. The van der Waals surface area contributed by atoms with E-state index in [9.17, 15) is 18.3 Å². The number of methoxy groups -OCH3 is 1. The van der Waals surface area contributed by atoms with Crippen LogP contribution in [-0.4, -0.2) is 56.9 Å². The molecule has 0 aromatic carbocycles. The van der Waals surface area contributed by atoms with Gasteiger partial charge >= 0.3 is 6.18 Å². The van der Waals surface area contributed by atoms with E-state index in [2.05, 4.69) is 5.32 Å². The van der Waals surface area contributed by atoms with E-state index in [-0.39, 0.29) is 13.2 Å². The number of aliphatic hydroxyl groups is 1. The molecule has 2 atom stereocenters. The van der Waals surface area contributed by atoms with E-state index in [1.807, 2.05) is 0 Å². The van der Waals surface area contributed by atoms with Gasteiger partial charge in [-0.05, 0) is 6.92 Å². The topological polar surface area (TPSA) is 50.7 Å². The minimum Gasteiger partial charge on any atom is -0.389 e. The van der Waals surface area contributed by atoms with Crippen molar-refractivity contribution in [1.82, 2.24) is 5.32 Å². The van der Waals surface area contributed by atoms with Crippen LogP contribution in [0.5, 0.6) is 0 Å². The van der Waals surface area contributed by atoms with Crippen molar-refractivity contribution in [1.29, 1.82) is 0 Å². The molecular formula is C10H20F3NO3. The summed E-state index contributed by atoms with van der Waals surface area (Å²) in [6.07, 6.45) is -5.92. The molecule has 0 bridgehead atoms. The van der Waals surface area contributed by atoms with Gasteiger partial charge in [0, 0.05) is 19.7 Å². The Morgan fingerprint density at radius 2 is 1.94 bits per heavy atom. The fraction of sp³-hybridized carbons (Fsp3) is 1.00. The molecule has 2 unspecified atom stereocenters. The average Bonchev–Trinajstić information content (AvgIpc) is 2.19. The number of rotatable bonds is 9. The molecule has 0 rings (SSSR count). The summed E-state index contributed by atoms with van der Waals surface area (Å²) >= 11 is 0. The number of hydrogen-bond donors (Lipinski definition) is 2. The van der Waals surface area contributed by atoms with Gasteiger partial charge in [-0.15, -0.1) is 0 Å². The van der Waals surface area contributed by atoms with Crippen LogP contribution < -0.4 is 5.32 Å². The van der Waals surface area contributed by atoms with Crippen LogP contribution in [0, 0.1) is 0 Å². The lowest BCUT2D eigenvalue weighted by atomic mass is 10.2. The smallest absolute Gasteiger partial charge is 0.389 e. The third-order valence-electron chi connectivity index (χ3n) is 1.98. The number of nitrogens with one attached hydrogen (secondary N) is 1. The van der Waals surface area contributed by atoms with Gasteiger partial charge in [-0.2, -0.15) is 13.2 Å². The molecule has 4 nitrogen and oxygen atoms in total. The van der Waals surface area contributed by atoms with Crippen molar-refractivity contribution in [2.75, 3.05) is 33.5 Å². The molecule has 0 aliphatic rings. The van der Waals surface area contributed by atoms with E-state index in [0.29, 0.717) is 13.2 Å². The Labute approximate surface area is 99.1 Å². The molecule has 0 amide bonds. The highest BCUT2D eigenvalue weighted by Crippen LogP contribution is 2.21. The number of ether oxygens (including phenoxy) is 2. The van der Waals surface area contributed by atoms with Crippen molar-refractivity contribution >= 4 is 0 Å². The van der Waals surface area contributed by atoms with Crippen LogP contribution in [0.25, 0.3) is 0 Å². The van der Waals surface area contributed by atoms with Gasteiger partial charge in [0.2, 0.25) is 0 Å². The van der Waals surface area contributed by atoms with Gasteiger partial charge < -0.3 is 19.9 Å². The third kappa shape index (κ3) is 11.9. The lowest BCUT2D eigenvalue weighted by molar-refractivity contribution is -0.139. The maximum absolute atomic E-state index is 12.0. The van der Waals surface area contributed by atoms with Crippen molar-refractivity contribution in [2.45, 2.75) is 31.7 Å². The van der Waals surface area contributed by atoms with E-state index < -0.39 is 24.7 Å². The lowest BCUT2D eigenvalue weighted by Crippen LogP contribution is -2.38. The van der Waals surface area contributed by atoms with Crippen LogP contribution in [0.4, 0.5) is 13.2 Å². The highest BCUT2D eigenvalue weighted by atomic mass is 19.4. The van der Waals surface area contributed by atoms with Crippen molar-refractivity contribution < 1.29 is 27.8 Å². The second-order valence-corrected chi connectivity index (χ2v) is 3.85. The molecule has 0 aliphatic heterocycles. The Bertz CT molecular complexity index is 190. The monoisotopic (exact) mass is 259 g/mol.